The van der Waals surface area contributed by atoms with E-state index in [0.717, 1.165) is 0 Å². The van der Waals surface area contributed by atoms with Crippen molar-refractivity contribution in [1.82, 2.24) is 5.16 Å². The SMILES string of the molecule is O=C(c1cccc(Cl)c1)c1noc(-c2cccc(Cl)c2)c1S(=O)(=O)C(F)(F)F. The van der Waals surface area contributed by atoms with Crippen molar-refractivity contribution in [2.24, 2.45) is 0 Å². The Hall–Kier alpha value is -2.36. The van der Waals surface area contributed by atoms with Gasteiger partial charge < -0.3 is 4.52 Å². The molecule has 0 saturated carbocycles. The molecule has 28 heavy (non-hydrogen) atoms. The molecule has 0 radical (unpaired) electrons. The van der Waals surface area contributed by atoms with Gasteiger partial charge in [-0.1, -0.05) is 52.6 Å². The van der Waals surface area contributed by atoms with Gasteiger partial charge >= 0.3 is 5.51 Å². The Morgan fingerprint density at radius 1 is 1.00 bits per heavy atom. The van der Waals surface area contributed by atoms with Gasteiger partial charge in [-0.25, -0.2) is 8.42 Å². The topological polar surface area (TPSA) is 77.2 Å². The quantitative estimate of drug-likeness (QED) is 0.513. The predicted octanol–water partition coefficient (Wildman–Crippen LogP) is 5.17. The van der Waals surface area contributed by atoms with E-state index in [2.05, 4.69) is 5.16 Å². The van der Waals surface area contributed by atoms with Crippen LogP contribution in [0.25, 0.3) is 11.3 Å². The molecule has 0 N–H and O–H groups in total. The Kier molecular flexibility index (Phi) is 5.26. The van der Waals surface area contributed by atoms with Crippen LogP contribution in [0.1, 0.15) is 16.1 Å². The van der Waals surface area contributed by atoms with Crippen molar-refractivity contribution in [1.29, 1.82) is 0 Å². The van der Waals surface area contributed by atoms with Crippen LogP contribution in [0.3, 0.4) is 0 Å². The monoisotopic (exact) mass is 449 g/mol. The summed E-state index contributed by atoms with van der Waals surface area (Å²) in [5.41, 5.74) is -6.94. The molecule has 0 amide bonds. The largest absolute Gasteiger partial charge is 0.502 e. The summed E-state index contributed by atoms with van der Waals surface area (Å²) < 4.78 is 69.0. The molecule has 0 unspecified atom stereocenters. The highest BCUT2D eigenvalue weighted by atomic mass is 35.5. The molecule has 0 saturated heterocycles. The van der Waals surface area contributed by atoms with Gasteiger partial charge in [-0.2, -0.15) is 13.2 Å². The first kappa shape index (κ1) is 20.4. The fraction of sp³-hybridized carbons (Fsp3) is 0.0588. The average molecular weight is 450 g/mol. The molecular weight excluding hydrogens is 442 g/mol. The molecule has 0 atom stereocenters. The summed E-state index contributed by atoms with van der Waals surface area (Å²) in [7, 11) is -5.97. The Labute approximate surface area is 166 Å². The van der Waals surface area contributed by atoms with Crippen LogP contribution in [0.15, 0.2) is 57.9 Å². The van der Waals surface area contributed by atoms with Gasteiger partial charge in [0.2, 0.25) is 5.78 Å². The molecular formula is C17H8Cl2F3NO4S. The molecule has 11 heteroatoms. The number of hydrogen-bond acceptors (Lipinski definition) is 5. The minimum absolute atomic E-state index is 0.0898. The molecule has 1 aromatic heterocycles. The Morgan fingerprint density at radius 2 is 1.61 bits per heavy atom. The lowest BCUT2D eigenvalue weighted by Crippen LogP contribution is -2.25. The number of ketones is 1. The molecule has 0 aliphatic rings. The molecule has 0 aliphatic heterocycles. The molecule has 3 aromatic rings. The van der Waals surface area contributed by atoms with E-state index in [-0.39, 0.29) is 21.2 Å². The first-order valence-corrected chi connectivity index (χ1v) is 9.63. The van der Waals surface area contributed by atoms with Crippen LogP contribution in [0.5, 0.6) is 0 Å². The lowest BCUT2D eigenvalue weighted by molar-refractivity contribution is -0.0436. The number of hydrogen-bond donors (Lipinski definition) is 0. The van der Waals surface area contributed by atoms with Gasteiger partial charge in [0.05, 0.1) is 0 Å². The second kappa shape index (κ2) is 7.23. The highest BCUT2D eigenvalue weighted by Gasteiger charge is 2.52. The van der Waals surface area contributed by atoms with Crippen molar-refractivity contribution in [2.75, 3.05) is 0 Å². The van der Waals surface area contributed by atoms with E-state index in [0.29, 0.717) is 0 Å². The maximum atomic E-state index is 13.3. The van der Waals surface area contributed by atoms with Crippen molar-refractivity contribution < 1.29 is 30.9 Å². The zero-order valence-electron chi connectivity index (χ0n) is 13.5. The minimum atomic E-state index is -5.97. The van der Waals surface area contributed by atoms with E-state index >= 15 is 0 Å². The maximum Gasteiger partial charge on any atom is 0.502 e. The number of carbonyl (C=O) groups excluding carboxylic acids is 1. The van der Waals surface area contributed by atoms with Crippen LogP contribution < -0.4 is 0 Å². The summed E-state index contributed by atoms with van der Waals surface area (Å²) in [4.78, 5) is 11.3. The fourth-order valence-corrected chi connectivity index (χ4v) is 3.77. The van der Waals surface area contributed by atoms with Gasteiger partial charge in [-0.05, 0) is 24.3 Å². The highest BCUT2D eigenvalue weighted by Crippen LogP contribution is 2.39. The zero-order valence-corrected chi connectivity index (χ0v) is 15.8. The molecule has 5 nitrogen and oxygen atoms in total. The van der Waals surface area contributed by atoms with Crippen molar-refractivity contribution in [3.05, 3.63) is 69.8 Å². The number of nitrogens with zero attached hydrogens (tertiary/aromatic N) is 1. The maximum absolute atomic E-state index is 13.3. The molecule has 146 valence electrons. The second-order valence-electron chi connectivity index (χ2n) is 5.49. The number of benzene rings is 2. The molecule has 1 heterocycles. The molecule has 3 rings (SSSR count). The minimum Gasteiger partial charge on any atom is -0.354 e. The molecule has 0 bridgehead atoms. The van der Waals surface area contributed by atoms with Crippen LogP contribution in [0.2, 0.25) is 10.0 Å². The third kappa shape index (κ3) is 3.65. The Balaban J connectivity index is 2.29. The standard InChI is InChI=1S/C17H8Cl2F3NO4S/c18-11-5-1-3-9(7-11)14(24)13-16(28(25,26)17(20,21)22)15(27-23-13)10-4-2-6-12(19)8-10/h1-8H. The molecule has 0 spiro atoms. The number of rotatable bonds is 4. The van der Waals surface area contributed by atoms with Gasteiger partial charge in [0.15, 0.2) is 16.3 Å². The summed E-state index contributed by atoms with van der Waals surface area (Å²) >= 11 is 11.6. The summed E-state index contributed by atoms with van der Waals surface area (Å²) in [6.45, 7) is 0. The smallest absolute Gasteiger partial charge is 0.354 e. The second-order valence-corrected chi connectivity index (χ2v) is 8.24. The van der Waals surface area contributed by atoms with Crippen molar-refractivity contribution in [3.8, 4) is 11.3 Å². The van der Waals surface area contributed by atoms with E-state index < -0.39 is 37.5 Å². The summed E-state index contributed by atoms with van der Waals surface area (Å²) in [6, 6.07) is 10.5. The number of halogens is 5. The van der Waals surface area contributed by atoms with E-state index in [9.17, 15) is 26.4 Å². The first-order valence-electron chi connectivity index (χ1n) is 7.39. The molecule has 2 aromatic carbocycles. The summed E-state index contributed by atoms with van der Waals surface area (Å²) in [5.74, 6) is -1.84. The van der Waals surface area contributed by atoms with E-state index in [1.165, 1.54) is 48.5 Å². The zero-order chi connectivity index (χ0) is 20.7. The van der Waals surface area contributed by atoms with E-state index in [1.807, 2.05) is 0 Å². The summed E-state index contributed by atoms with van der Waals surface area (Å²) in [5, 5.41) is 3.56. The van der Waals surface area contributed by atoms with Crippen LogP contribution in [-0.4, -0.2) is 24.9 Å². The van der Waals surface area contributed by atoms with Gasteiger partial charge in [-0.3, -0.25) is 4.79 Å². The van der Waals surface area contributed by atoms with Crippen LogP contribution in [-0.2, 0) is 9.84 Å². The van der Waals surface area contributed by atoms with Crippen molar-refractivity contribution in [3.63, 3.8) is 0 Å². The normalized spacial score (nSPS) is 12.2. The van der Waals surface area contributed by atoms with Crippen molar-refractivity contribution in [2.45, 2.75) is 10.4 Å². The Bertz CT molecular complexity index is 1170. The third-order valence-corrected chi connectivity index (χ3v) is 5.61. The predicted molar refractivity (Wildman–Crippen MR) is 95.1 cm³/mol. The fourth-order valence-electron chi connectivity index (χ4n) is 2.37. The number of alkyl halides is 3. The van der Waals surface area contributed by atoms with Gasteiger partial charge in [0.25, 0.3) is 9.84 Å². The van der Waals surface area contributed by atoms with E-state index in [4.69, 9.17) is 27.7 Å². The summed E-state index contributed by atoms with van der Waals surface area (Å²) in [6.07, 6.45) is 0. The lowest BCUT2D eigenvalue weighted by Gasteiger charge is -2.09. The van der Waals surface area contributed by atoms with Crippen molar-refractivity contribution >= 4 is 38.8 Å². The van der Waals surface area contributed by atoms with Gasteiger partial charge in [0, 0.05) is 21.2 Å². The molecule has 0 fully saturated rings. The first-order chi connectivity index (χ1) is 13.0. The van der Waals surface area contributed by atoms with Crippen LogP contribution in [0.4, 0.5) is 13.2 Å². The average Bonchev–Trinajstić information content (AvgIpc) is 3.06. The Morgan fingerprint density at radius 3 is 2.18 bits per heavy atom. The molecule has 0 aliphatic carbocycles. The van der Waals surface area contributed by atoms with Gasteiger partial charge in [0.1, 0.15) is 0 Å². The number of sulfone groups is 1. The third-order valence-electron chi connectivity index (χ3n) is 3.61. The van der Waals surface area contributed by atoms with Crippen LogP contribution in [0, 0.1) is 0 Å². The van der Waals surface area contributed by atoms with E-state index in [1.54, 1.807) is 0 Å². The highest BCUT2D eigenvalue weighted by molar-refractivity contribution is 7.92. The number of carbonyl (C=O) groups is 1. The lowest BCUT2D eigenvalue weighted by atomic mass is 10.1. The number of aromatic nitrogens is 1. The van der Waals surface area contributed by atoms with Gasteiger partial charge in [-0.15, -0.1) is 0 Å². The van der Waals surface area contributed by atoms with Crippen LogP contribution >= 0.6 is 23.2 Å².